The lowest BCUT2D eigenvalue weighted by Gasteiger charge is -2.15. The Morgan fingerprint density at radius 1 is 1.50 bits per heavy atom. The highest BCUT2D eigenvalue weighted by Crippen LogP contribution is 2.27. The van der Waals surface area contributed by atoms with Crippen LogP contribution in [0.2, 0.25) is 0 Å². The molecular weight excluding hydrogens is 276 g/mol. The van der Waals surface area contributed by atoms with Gasteiger partial charge in [0.25, 0.3) is 0 Å². The number of carbonyl (C=O) groups is 1. The van der Waals surface area contributed by atoms with Crippen molar-refractivity contribution in [1.82, 2.24) is 4.98 Å². The van der Waals surface area contributed by atoms with Crippen molar-refractivity contribution in [3.8, 4) is 0 Å². The van der Waals surface area contributed by atoms with E-state index in [-0.39, 0.29) is 0 Å². The van der Waals surface area contributed by atoms with Gasteiger partial charge in [0.2, 0.25) is 0 Å². The Labute approximate surface area is 124 Å². The number of anilines is 1. The number of thiazole rings is 1. The average Bonchev–Trinajstić information content (AvgIpc) is 2.82. The zero-order valence-electron chi connectivity index (χ0n) is 12.6. The first-order valence-corrected chi connectivity index (χ1v) is 7.73. The number of hydrogen-bond acceptors (Lipinski definition) is 5. The monoisotopic (exact) mass is 300 g/mol. The topological polar surface area (TPSA) is 71.5 Å². The second kappa shape index (κ2) is 7.59. The summed E-state index contributed by atoms with van der Waals surface area (Å²) in [5.41, 5.74) is -0.372. The molecule has 0 atom stereocenters. The van der Waals surface area contributed by atoms with E-state index < -0.39 is 11.4 Å². The van der Waals surface area contributed by atoms with Crippen LogP contribution in [0.25, 0.3) is 0 Å². The summed E-state index contributed by atoms with van der Waals surface area (Å²) >= 11 is 1.42. The number of carboxylic acids is 1. The predicted octanol–water partition coefficient (Wildman–Crippen LogP) is 2.98. The number of carboxylic acid groups (broad SMARTS) is 1. The summed E-state index contributed by atoms with van der Waals surface area (Å²) in [6.07, 6.45) is 1.06. The molecule has 0 aliphatic carbocycles. The Bertz CT molecular complexity index is 430. The summed E-state index contributed by atoms with van der Waals surface area (Å²) in [7, 11) is 0. The van der Waals surface area contributed by atoms with Crippen molar-refractivity contribution >= 4 is 22.4 Å². The second-order valence-corrected chi connectivity index (χ2v) is 6.55. The standard InChI is InChI=1S/C14H24N2O3S/c1-10(2)5-7-19-8-6-15-13-16-11(9-20-13)14(3,4)12(17)18/h9-10H,5-8H2,1-4H3,(H,15,16)(H,17,18). The molecule has 1 heterocycles. The molecule has 5 nitrogen and oxygen atoms in total. The molecule has 0 saturated heterocycles. The summed E-state index contributed by atoms with van der Waals surface area (Å²) in [5.74, 6) is -0.214. The van der Waals surface area contributed by atoms with Gasteiger partial charge in [0.05, 0.1) is 12.3 Å². The van der Waals surface area contributed by atoms with E-state index in [4.69, 9.17) is 9.84 Å². The molecule has 0 amide bonds. The number of aliphatic carboxylic acids is 1. The van der Waals surface area contributed by atoms with E-state index in [0.717, 1.165) is 18.2 Å². The molecule has 0 aliphatic heterocycles. The Morgan fingerprint density at radius 3 is 2.80 bits per heavy atom. The number of rotatable bonds is 9. The van der Waals surface area contributed by atoms with E-state index in [1.165, 1.54) is 11.3 Å². The maximum atomic E-state index is 11.1. The smallest absolute Gasteiger partial charge is 0.315 e. The van der Waals surface area contributed by atoms with E-state index in [1.807, 2.05) is 0 Å². The lowest BCUT2D eigenvalue weighted by molar-refractivity contribution is -0.142. The van der Waals surface area contributed by atoms with Crippen molar-refractivity contribution in [1.29, 1.82) is 0 Å². The maximum absolute atomic E-state index is 11.1. The van der Waals surface area contributed by atoms with E-state index in [1.54, 1.807) is 19.2 Å². The summed E-state index contributed by atoms with van der Waals surface area (Å²) in [6.45, 7) is 9.73. The molecule has 2 N–H and O–H groups in total. The Hall–Kier alpha value is -1.14. The maximum Gasteiger partial charge on any atom is 0.315 e. The van der Waals surface area contributed by atoms with Crippen LogP contribution in [0, 0.1) is 5.92 Å². The highest BCUT2D eigenvalue weighted by Gasteiger charge is 2.32. The number of nitrogens with one attached hydrogen (secondary N) is 1. The Balaban J connectivity index is 2.33. The van der Waals surface area contributed by atoms with Gasteiger partial charge in [-0.1, -0.05) is 13.8 Å². The molecule has 114 valence electrons. The summed E-state index contributed by atoms with van der Waals surface area (Å²) in [4.78, 5) is 15.5. The summed E-state index contributed by atoms with van der Waals surface area (Å²) in [6, 6.07) is 0. The quantitative estimate of drug-likeness (QED) is 0.686. The van der Waals surface area contributed by atoms with Gasteiger partial charge >= 0.3 is 5.97 Å². The number of ether oxygens (including phenoxy) is 1. The third-order valence-corrected chi connectivity index (χ3v) is 3.84. The first-order valence-electron chi connectivity index (χ1n) is 6.85. The van der Waals surface area contributed by atoms with Crippen LogP contribution < -0.4 is 5.32 Å². The molecule has 0 aromatic carbocycles. The molecule has 0 unspecified atom stereocenters. The van der Waals surface area contributed by atoms with Crippen molar-refractivity contribution < 1.29 is 14.6 Å². The average molecular weight is 300 g/mol. The predicted molar refractivity (Wildman–Crippen MR) is 81.5 cm³/mol. The van der Waals surface area contributed by atoms with Gasteiger partial charge in [0, 0.05) is 18.5 Å². The lowest BCUT2D eigenvalue weighted by Crippen LogP contribution is -2.28. The number of nitrogens with zero attached hydrogens (tertiary/aromatic N) is 1. The minimum absolute atomic E-state index is 0.582. The normalized spacial score (nSPS) is 11.8. The van der Waals surface area contributed by atoms with Crippen LogP contribution in [0.5, 0.6) is 0 Å². The Kier molecular flexibility index (Phi) is 6.42. The largest absolute Gasteiger partial charge is 0.481 e. The fourth-order valence-corrected chi connectivity index (χ4v) is 2.31. The first kappa shape index (κ1) is 16.9. The van der Waals surface area contributed by atoms with Crippen molar-refractivity contribution in [2.45, 2.75) is 39.5 Å². The van der Waals surface area contributed by atoms with Crippen LogP contribution in [0.4, 0.5) is 5.13 Å². The van der Waals surface area contributed by atoms with Gasteiger partial charge in [-0.25, -0.2) is 4.98 Å². The van der Waals surface area contributed by atoms with Crippen molar-refractivity contribution in [2.75, 3.05) is 25.1 Å². The molecule has 0 fully saturated rings. The molecule has 0 bridgehead atoms. The van der Waals surface area contributed by atoms with E-state index in [9.17, 15) is 4.79 Å². The minimum atomic E-state index is -0.954. The third kappa shape index (κ3) is 5.09. The zero-order valence-corrected chi connectivity index (χ0v) is 13.4. The molecular formula is C14H24N2O3S. The van der Waals surface area contributed by atoms with E-state index in [0.29, 0.717) is 24.8 Å². The second-order valence-electron chi connectivity index (χ2n) is 5.69. The van der Waals surface area contributed by atoms with Crippen LogP contribution in [-0.2, 0) is 14.9 Å². The molecule has 0 radical (unpaired) electrons. The van der Waals surface area contributed by atoms with Crippen LogP contribution >= 0.6 is 11.3 Å². The highest BCUT2D eigenvalue weighted by atomic mass is 32.1. The fraction of sp³-hybridized carbons (Fsp3) is 0.714. The molecule has 6 heteroatoms. The van der Waals surface area contributed by atoms with Gasteiger partial charge in [-0.2, -0.15) is 0 Å². The third-order valence-electron chi connectivity index (χ3n) is 3.04. The van der Waals surface area contributed by atoms with Gasteiger partial charge in [-0.3, -0.25) is 4.79 Å². The minimum Gasteiger partial charge on any atom is -0.481 e. The van der Waals surface area contributed by atoms with Crippen molar-refractivity contribution in [3.63, 3.8) is 0 Å². The first-order chi connectivity index (χ1) is 9.34. The molecule has 1 aromatic rings. The van der Waals surface area contributed by atoms with Gasteiger partial charge < -0.3 is 15.2 Å². The SMILES string of the molecule is CC(C)CCOCCNc1nc(C(C)(C)C(=O)O)cs1. The molecule has 1 aromatic heterocycles. The fourth-order valence-electron chi connectivity index (χ4n) is 1.40. The molecule has 20 heavy (non-hydrogen) atoms. The zero-order chi connectivity index (χ0) is 15.2. The summed E-state index contributed by atoms with van der Waals surface area (Å²) < 4.78 is 5.50. The summed E-state index contributed by atoms with van der Waals surface area (Å²) in [5, 5.41) is 14.8. The lowest BCUT2D eigenvalue weighted by atomic mass is 9.90. The molecule has 0 aliphatic rings. The number of aromatic nitrogens is 1. The number of hydrogen-bond donors (Lipinski definition) is 2. The van der Waals surface area contributed by atoms with E-state index in [2.05, 4.69) is 24.1 Å². The van der Waals surface area contributed by atoms with Gasteiger partial charge in [-0.05, 0) is 26.2 Å². The van der Waals surface area contributed by atoms with Crippen LogP contribution in [-0.4, -0.2) is 35.8 Å². The van der Waals surface area contributed by atoms with Gasteiger partial charge in [0.1, 0.15) is 5.41 Å². The molecule has 0 spiro atoms. The highest BCUT2D eigenvalue weighted by molar-refractivity contribution is 7.13. The van der Waals surface area contributed by atoms with Gasteiger partial charge in [0.15, 0.2) is 5.13 Å². The van der Waals surface area contributed by atoms with Crippen molar-refractivity contribution in [2.24, 2.45) is 5.92 Å². The molecule has 1 rings (SSSR count). The molecule has 0 saturated carbocycles. The Morgan fingerprint density at radius 2 is 2.20 bits per heavy atom. The van der Waals surface area contributed by atoms with Crippen LogP contribution in [0.15, 0.2) is 5.38 Å². The van der Waals surface area contributed by atoms with Crippen LogP contribution in [0.3, 0.4) is 0 Å². The van der Waals surface area contributed by atoms with Crippen molar-refractivity contribution in [3.05, 3.63) is 11.1 Å². The van der Waals surface area contributed by atoms with Crippen LogP contribution in [0.1, 0.15) is 39.8 Å². The van der Waals surface area contributed by atoms with E-state index >= 15 is 0 Å². The van der Waals surface area contributed by atoms with Gasteiger partial charge in [-0.15, -0.1) is 11.3 Å².